The van der Waals surface area contributed by atoms with Crippen LogP contribution >= 0.6 is 46.0 Å². The second kappa shape index (κ2) is 6.41. The first kappa shape index (κ1) is 14.9. The average molecular weight is 344 g/mol. The number of rotatable bonds is 5. The highest BCUT2D eigenvalue weighted by Crippen LogP contribution is 2.39. The maximum Gasteiger partial charge on any atom is 0.0931 e. The van der Waals surface area contributed by atoms with Crippen molar-refractivity contribution in [3.8, 4) is 0 Å². The van der Waals surface area contributed by atoms with Gasteiger partial charge < -0.3 is 5.32 Å². The molecule has 2 atom stereocenters. The lowest BCUT2D eigenvalue weighted by atomic mass is 10.0. The molecule has 0 saturated carbocycles. The molecule has 0 aliphatic carbocycles. The molecule has 3 heterocycles. The molecule has 0 bridgehead atoms. The summed E-state index contributed by atoms with van der Waals surface area (Å²) in [5, 5.41) is 5.92. The molecule has 0 amide bonds. The first-order valence-corrected chi connectivity index (χ1v) is 9.88. The van der Waals surface area contributed by atoms with E-state index in [1.165, 1.54) is 28.3 Å². The van der Waals surface area contributed by atoms with Crippen LogP contribution in [0.1, 0.15) is 35.6 Å². The fraction of sp³-hybridized carbons (Fsp3) is 0.467. The molecule has 2 aromatic rings. The van der Waals surface area contributed by atoms with Gasteiger partial charge in [-0.2, -0.15) is 11.8 Å². The Morgan fingerprint density at radius 3 is 2.85 bits per heavy atom. The minimum Gasteiger partial charge on any atom is -0.304 e. The molecule has 0 radical (unpaired) electrons. The van der Waals surface area contributed by atoms with Crippen molar-refractivity contribution in [1.29, 1.82) is 0 Å². The van der Waals surface area contributed by atoms with Gasteiger partial charge in [-0.3, -0.25) is 0 Å². The molecule has 3 rings (SSSR count). The maximum absolute atomic E-state index is 6.11. The van der Waals surface area contributed by atoms with Gasteiger partial charge in [-0.15, -0.1) is 22.7 Å². The van der Waals surface area contributed by atoms with Gasteiger partial charge in [-0.25, -0.2) is 0 Å². The van der Waals surface area contributed by atoms with Crippen molar-refractivity contribution in [2.75, 3.05) is 12.3 Å². The van der Waals surface area contributed by atoms with Gasteiger partial charge in [0.1, 0.15) is 0 Å². The molecule has 0 aromatic carbocycles. The van der Waals surface area contributed by atoms with Gasteiger partial charge in [-0.1, -0.05) is 17.7 Å². The van der Waals surface area contributed by atoms with E-state index in [1.807, 2.05) is 17.4 Å². The molecule has 2 unspecified atom stereocenters. The zero-order valence-electron chi connectivity index (χ0n) is 11.4. The summed E-state index contributed by atoms with van der Waals surface area (Å²) < 4.78 is 1.25. The number of hydrogen-bond donors (Lipinski definition) is 1. The summed E-state index contributed by atoms with van der Waals surface area (Å²) in [5.41, 5.74) is 0. The summed E-state index contributed by atoms with van der Waals surface area (Å²) in [6, 6.07) is 8.76. The summed E-state index contributed by atoms with van der Waals surface area (Å²) in [6.45, 7) is 3.43. The van der Waals surface area contributed by atoms with Crippen molar-refractivity contribution in [1.82, 2.24) is 5.32 Å². The van der Waals surface area contributed by atoms with Crippen LogP contribution in [0.4, 0.5) is 0 Å². The van der Waals surface area contributed by atoms with E-state index < -0.39 is 0 Å². The van der Waals surface area contributed by atoms with Gasteiger partial charge in [0.05, 0.1) is 10.4 Å². The monoisotopic (exact) mass is 343 g/mol. The highest BCUT2D eigenvalue weighted by atomic mass is 35.5. The Morgan fingerprint density at radius 2 is 2.25 bits per heavy atom. The van der Waals surface area contributed by atoms with Gasteiger partial charge in [0.25, 0.3) is 0 Å². The molecule has 1 saturated heterocycles. The van der Waals surface area contributed by atoms with E-state index in [2.05, 4.69) is 47.6 Å². The number of hydrogen-bond acceptors (Lipinski definition) is 4. The van der Waals surface area contributed by atoms with Crippen LogP contribution < -0.4 is 5.32 Å². The van der Waals surface area contributed by atoms with Crippen molar-refractivity contribution in [2.45, 2.75) is 30.6 Å². The highest BCUT2D eigenvalue weighted by Gasteiger charge is 2.30. The molecular weight excluding hydrogens is 326 g/mol. The Bertz CT molecular complexity index is 543. The van der Waals surface area contributed by atoms with Crippen molar-refractivity contribution in [3.63, 3.8) is 0 Å². The van der Waals surface area contributed by atoms with Gasteiger partial charge in [0.2, 0.25) is 0 Å². The van der Waals surface area contributed by atoms with Gasteiger partial charge in [0.15, 0.2) is 0 Å². The average Bonchev–Trinajstić information content (AvgIpc) is 3.13. The molecule has 1 N–H and O–H groups in total. The van der Waals surface area contributed by atoms with Crippen molar-refractivity contribution in [3.05, 3.63) is 43.7 Å². The Balaban J connectivity index is 1.76. The quantitative estimate of drug-likeness (QED) is 0.777. The summed E-state index contributed by atoms with van der Waals surface area (Å²) in [5.74, 6) is 1.30. The van der Waals surface area contributed by atoms with Crippen LogP contribution in [0.25, 0.3) is 0 Å². The molecule has 108 valence electrons. The third-order valence-corrected chi connectivity index (χ3v) is 7.46. The molecule has 20 heavy (non-hydrogen) atoms. The first-order valence-electron chi connectivity index (χ1n) is 6.82. The van der Waals surface area contributed by atoms with Gasteiger partial charge >= 0.3 is 0 Å². The molecule has 0 spiro atoms. The van der Waals surface area contributed by atoms with E-state index in [4.69, 9.17) is 11.6 Å². The summed E-state index contributed by atoms with van der Waals surface area (Å²) in [4.78, 5) is 2.68. The fourth-order valence-electron chi connectivity index (χ4n) is 2.57. The Morgan fingerprint density at radius 1 is 1.35 bits per heavy atom. The van der Waals surface area contributed by atoms with Crippen LogP contribution in [0.5, 0.6) is 0 Å². The molecule has 2 aromatic heterocycles. The topological polar surface area (TPSA) is 12.0 Å². The van der Waals surface area contributed by atoms with Crippen LogP contribution in [-0.2, 0) is 0 Å². The predicted molar refractivity (Wildman–Crippen MR) is 93.6 cm³/mol. The molecule has 5 heteroatoms. The van der Waals surface area contributed by atoms with E-state index in [0.717, 1.165) is 10.9 Å². The molecule has 1 nitrogen and oxygen atoms in total. The maximum atomic E-state index is 6.11. The third kappa shape index (κ3) is 3.42. The van der Waals surface area contributed by atoms with Crippen molar-refractivity contribution in [2.24, 2.45) is 0 Å². The molecule has 1 aliphatic rings. The second-order valence-electron chi connectivity index (χ2n) is 5.37. The van der Waals surface area contributed by atoms with Crippen molar-refractivity contribution >= 4 is 46.0 Å². The smallest absolute Gasteiger partial charge is 0.0931 e. The van der Waals surface area contributed by atoms with Crippen LogP contribution in [0.3, 0.4) is 0 Å². The largest absolute Gasteiger partial charge is 0.304 e. The summed E-state index contributed by atoms with van der Waals surface area (Å²) >= 11 is 11.7. The standard InChI is InChI=1S/C15H18ClNS3/c1-15(7-3-9-19-15)10-17-14(11-4-2-8-18-11)12-5-6-13(16)20-12/h2,4-6,8,14,17H,3,7,9-10H2,1H3. The van der Waals surface area contributed by atoms with E-state index in [-0.39, 0.29) is 6.04 Å². The predicted octanol–water partition coefficient (Wildman–Crippen LogP) is 5.43. The zero-order valence-corrected chi connectivity index (χ0v) is 14.6. The number of thiophene rings is 2. The summed E-state index contributed by atoms with van der Waals surface area (Å²) in [7, 11) is 0. The van der Waals surface area contributed by atoms with Crippen molar-refractivity contribution < 1.29 is 0 Å². The fourth-order valence-corrected chi connectivity index (χ4v) is 5.88. The Hall–Kier alpha value is -0.000000000000000111. The third-order valence-electron chi connectivity index (χ3n) is 3.69. The van der Waals surface area contributed by atoms with Crippen LogP contribution in [0.2, 0.25) is 4.34 Å². The molecule has 1 aliphatic heterocycles. The molecule has 1 fully saturated rings. The van der Waals surface area contributed by atoms with Crippen LogP contribution in [0, 0.1) is 0 Å². The van der Waals surface area contributed by atoms with Crippen LogP contribution in [-0.4, -0.2) is 17.0 Å². The second-order valence-corrected chi connectivity index (χ2v) is 9.78. The minimum atomic E-state index is 0.283. The Labute approximate surface area is 137 Å². The zero-order chi connectivity index (χ0) is 14.0. The number of halogens is 1. The Kier molecular flexibility index (Phi) is 4.78. The van der Waals surface area contributed by atoms with E-state index in [0.29, 0.717) is 4.75 Å². The lowest BCUT2D eigenvalue weighted by Gasteiger charge is -2.26. The minimum absolute atomic E-state index is 0.283. The van der Waals surface area contributed by atoms with Crippen LogP contribution in [0.15, 0.2) is 29.6 Å². The number of thioether (sulfide) groups is 1. The summed E-state index contributed by atoms with van der Waals surface area (Å²) in [6.07, 6.45) is 2.66. The van der Waals surface area contributed by atoms with Gasteiger partial charge in [-0.05, 0) is 49.1 Å². The van der Waals surface area contributed by atoms with Gasteiger partial charge in [0, 0.05) is 21.0 Å². The first-order chi connectivity index (χ1) is 9.66. The molecular formula is C15H18ClNS3. The van der Waals surface area contributed by atoms with E-state index >= 15 is 0 Å². The number of nitrogens with one attached hydrogen (secondary N) is 1. The van der Waals surface area contributed by atoms with E-state index in [1.54, 1.807) is 11.3 Å². The lowest BCUT2D eigenvalue weighted by molar-refractivity contribution is 0.511. The van der Waals surface area contributed by atoms with E-state index in [9.17, 15) is 0 Å². The normalized spacial score (nSPS) is 24.1. The lowest BCUT2D eigenvalue weighted by Crippen LogP contribution is -2.35. The highest BCUT2D eigenvalue weighted by molar-refractivity contribution is 8.00. The SMILES string of the molecule is CC1(CNC(c2cccs2)c2ccc(Cl)s2)CCCS1.